The minimum absolute atomic E-state index is 0.224. The van der Waals surface area contributed by atoms with Gasteiger partial charge < -0.3 is 10.6 Å². The van der Waals surface area contributed by atoms with Crippen molar-refractivity contribution in [2.45, 2.75) is 39.4 Å². The molecule has 0 aromatic heterocycles. The lowest BCUT2D eigenvalue weighted by molar-refractivity contribution is -0.137. The summed E-state index contributed by atoms with van der Waals surface area (Å²) in [7, 11) is 0. The van der Waals surface area contributed by atoms with Crippen LogP contribution in [0, 0.1) is 6.92 Å². The van der Waals surface area contributed by atoms with Crippen molar-refractivity contribution < 1.29 is 13.2 Å². The van der Waals surface area contributed by atoms with Crippen molar-refractivity contribution in [1.29, 1.82) is 0 Å². The SMILES string of the molecule is CCN(CC)CCC(N)c1ccc(C(F)(F)F)cc1C. The lowest BCUT2D eigenvalue weighted by Crippen LogP contribution is -2.27. The van der Waals surface area contributed by atoms with Gasteiger partial charge in [0.1, 0.15) is 0 Å². The summed E-state index contributed by atoms with van der Waals surface area (Å²) in [5.74, 6) is 0. The Morgan fingerprint density at radius 3 is 2.25 bits per heavy atom. The monoisotopic (exact) mass is 288 g/mol. The number of rotatable bonds is 6. The lowest BCUT2D eigenvalue weighted by atomic mass is 9.97. The molecule has 0 saturated heterocycles. The van der Waals surface area contributed by atoms with Crippen LogP contribution in [-0.4, -0.2) is 24.5 Å². The van der Waals surface area contributed by atoms with Crippen molar-refractivity contribution in [3.63, 3.8) is 0 Å². The Kier molecular flexibility index (Phi) is 6.02. The van der Waals surface area contributed by atoms with E-state index < -0.39 is 11.7 Å². The Morgan fingerprint density at radius 1 is 1.20 bits per heavy atom. The Balaban J connectivity index is 2.76. The second kappa shape index (κ2) is 7.09. The van der Waals surface area contributed by atoms with Crippen LogP contribution in [-0.2, 0) is 6.18 Å². The van der Waals surface area contributed by atoms with Gasteiger partial charge in [-0.15, -0.1) is 0 Å². The molecule has 1 aromatic carbocycles. The normalized spacial score (nSPS) is 13.8. The van der Waals surface area contributed by atoms with Crippen LogP contribution in [0.1, 0.15) is 43.0 Å². The maximum atomic E-state index is 12.6. The molecule has 0 amide bonds. The topological polar surface area (TPSA) is 29.3 Å². The zero-order valence-electron chi connectivity index (χ0n) is 12.3. The molecule has 0 spiro atoms. The van der Waals surface area contributed by atoms with E-state index in [1.165, 1.54) is 12.1 Å². The maximum Gasteiger partial charge on any atom is 0.416 e. The Hall–Kier alpha value is -1.07. The number of benzene rings is 1. The highest BCUT2D eigenvalue weighted by Crippen LogP contribution is 2.31. The zero-order valence-corrected chi connectivity index (χ0v) is 12.3. The second-order valence-corrected chi connectivity index (χ2v) is 4.99. The average molecular weight is 288 g/mol. The first-order chi connectivity index (χ1) is 9.29. The lowest BCUT2D eigenvalue weighted by Gasteiger charge is -2.22. The molecule has 0 heterocycles. The highest BCUT2D eigenvalue weighted by atomic mass is 19.4. The molecular formula is C15H23F3N2. The van der Waals surface area contributed by atoms with Gasteiger partial charge in [0, 0.05) is 6.04 Å². The zero-order chi connectivity index (χ0) is 15.3. The van der Waals surface area contributed by atoms with Gasteiger partial charge in [-0.2, -0.15) is 13.2 Å². The molecule has 0 radical (unpaired) electrons. The molecule has 0 aliphatic carbocycles. The third-order valence-corrected chi connectivity index (χ3v) is 3.65. The molecule has 1 rings (SSSR count). The van der Waals surface area contributed by atoms with Crippen LogP contribution < -0.4 is 5.73 Å². The molecule has 2 N–H and O–H groups in total. The fourth-order valence-electron chi connectivity index (χ4n) is 2.29. The van der Waals surface area contributed by atoms with Gasteiger partial charge in [0.2, 0.25) is 0 Å². The first kappa shape index (κ1) is 17.0. The summed E-state index contributed by atoms with van der Waals surface area (Å²) in [6, 6.07) is 3.56. The summed E-state index contributed by atoms with van der Waals surface area (Å²) in [5.41, 5.74) is 6.89. The van der Waals surface area contributed by atoms with Crippen molar-refractivity contribution in [1.82, 2.24) is 4.90 Å². The number of nitrogens with two attached hydrogens (primary N) is 1. The van der Waals surface area contributed by atoms with Gasteiger partial charge in [-0.25, -0.2) is 0 Å². The van der Waals surface area contributed by atoms with Crippen molar-refractivity contribution in [2.75, 3.05) is 19.6 Å². The molecule has 2 nitrogen and oxygen atoms in total. The molecule has 5 heteroatoms. The molecule has 20 heavy (non-hydrogen) atoms. The molecule has 0 aliphatic rings. The minimum atomic E-state index is -4.30. The second-order valence-electron chi connectivity index (χ2n) is 4.99. The molecule has 1 atom stereocenters. The van der Waals surface area contributed by atoms with Crippen molar-refractivity contribution in [2.24, 2.45) is 5.73 Å². The van der Waals surface area contributed by atoms with Crippen LogP contribution in [0.5, 0.6) is 0 Å². The van der Waals surface area contributed by atoms with Crippen molar-refractivity contribution >= 4 is 0 Å². The van der Waals surface area contributed by atoms with Crippen LogP contribution in [0.3, 0.4) is 0 Å². The predicted molar refractivity (Wildman–Crippen MR) is 75.5 cm³/mol. The van der Waals surface area contributed by atoms with E-state index in [4.69, 9.17) is 5.73 Å². The van der Waals surface area contributed by atoms with Crippen LogP contribution in [0.2, 0.25) is 0 Å². The molecule has 1 unspecified atom stereocenters. The number of hydrogen-bond acceptors (Lipinski definition) is 2. The van der Waals surface area contributed by atoms with E-state index in [0.717, 1.165) is 37.7 Å². The molecule has 114 valence electrons. The van der Waals surface area contributed by atoms with Crippen LogP contribution >= 0.6 is 0 Å². The minimum Gasteiger partial charge on any atom is -0.324 e. The fourth-order valence-corrected chi connectivity index (χ4v) is 2.29. The highest BCUT2D eigenvalue weighted by molar-refractivity contribution is 5.34. The van der Waals surface area contributed by atoms with Gasteiger partial charge in [0.05, 0.1) is 5.56 Å². The van der Waals surface area contributed by atoms with Gasteiger partial charge in [-0.05, 0) is 56.2 Å². The van der Waals surface area contributed by atoms with Gasteiger partial charge in [0.15, 0.2) is 0 Å². The number of alkyl halides is 3. The molecule has 0 aliphatic heterocycles. The van der Waals surface area contributed by atoms with Crippen LogP contribution in [0.25, 0.3) is 0 Å². The summed E-state index contributed by atoms with van der Waals surface area (Å²) in [4.78, 5) is 2.25. The largest absolute Gasteiger partial charge is 0.416 e. The van der Waals surface area contributed by atoms with Crippen molar-refractivity contribution in [3.05, 3.63) is 34.9 Å². The third-order valence-electron chi connectivity index (χ3n) is 3.65. The molecule has 1 aromatic rings. The summed E-state index contributed by atoms with van der Waals surface area (Å²) in [6.07, 6.45) is -3.55. The smallest absolute Gasteiger partial charge is 0.324 e. The molecular weight excluding hydrogens is 265 g/mol. The number of aryl methyl sites for hydroxylation is 1. The molecule has 0 saturated carbocycles. The standard InChI is InChI=1S/C15H23F3N2/c1-4-20(5-2)9-8-14(19)13-7-6-12(10-11(13)3)15(16,17)18/h6-7,10,14H,4-5,8-9,19H2,1-3H3. The molecule has 0 bridgehead atoms. The van der Waals surface area contributed by atoms with Gasteiger partial charge in [-0.3, -0.25) is 0 Å². The van der Waals surface area contributed by atoms with E-state index in [1.54, 1.807) is 6.92 Å². The molecule has 0 fully saturated rings. The maximum absolute atomic E-state index is 12.6. The Labute approximate surface area is 118 Å². The Morgan fingerprint density at radius 2 is 1.80 bits per heavy atom. The summed E-state index contributed by atoms with van der Waals surface area (Å²) in [5, 5.41) is 0. The average Bonchev–Trinajstić information content (AvgIpc) is 2.38. The summed E-state index contributed by atoms with van der Waals surface area (Å²) >= 11 is 0. The van der Waals surface area contributed by atoms with Gasteiger partial charge in [0.25, 0.3) is 0 Å². The fraction of sp³-hybridized carbons (Fsp3) is 0.600. The van der Waals surface area contributed by atoms with E-state index in [1.807, 2.05) is 0 Å². The Bertz CT molecular complexity index is 426. The first-order valence-corrected chi connectivity index (χ1v) is 6.95. The number of nitrogens with zero attached hydrogens (tertiary/aromatic N) is 1. The van der Waals surface area contributed by atoms with Crippen LogP contribution in [0.4, 0.5) is 13.2 Å². The first-order valence-electron chi connectivity index (χ1n) is 6.95. The van der Waals surface area contributed by atoms with Gasteiger partial charge in [-0.1, -0.05) is 19.9 Å². The number of hydrogen-bond donors (Lipinski definition) is 1. The van der Waals surface area contributed by atoms with E-state index >= 15 is 0 Å². The van der Waals surface area contributed by atoms with Gasteiger partial charge >= 0.3 is 6.18 Å². The quantitative estimate of drug-likeness (QED) is 0.864. The van der Waals surface area contributed by atoms with E-state index in [0.29, 0.717) is 5.56 Å². The van der Waals surface area contributed by atoms with Crippen molar-refractivity contribution in [3.8, 4) is 0 Å². The third kappa shape index (κ3) is 4.49. The number of halogens is 3. The van der Waals surface area contributed by atoms with E-state index in [9.17, 15) is 13.2 Å². The summed E-state index contributed by atoms with van der Waals surface area (Å²) < 4.78 is 37.8. The van der Waals surface area contributed by atoms with Crippen LogP contribution in [0.15, 0.2) is 18.2 Å². The highest BCUT2D eigenvalue weighted by Gasteiger charge is 2.30. The van der Waals surface area contributed by atoms with E-state index in [-0.39, 0.29) is 6.04 Å². The predicted octanol–water partition coefficient (Wildman–Crippen LogP) is 3.75. The summed E-state index contributed by atoms with van der Waals surface area (Å²) in [6.45, 7) is 8.61. The van der Waals surface area contributed by atoms with E-state index in [2.05, 4.69) is 18.7 Å².